The highest BCUT2D eigenvalue weighted by atomic mass is 16.5. The zero-order chi connectivity index (χ0) is 12.6. The summed E-state index contributed by atoms with van der Waals surface area (Å²) in [6.07, 6.45) is 4.78. The molecule has 92 valence electrons. The number of pyridine rings is 1. The summed E-state index contributed by atoms with van der Waals surface area (Å²) in [5.41, 5.74) is 0.793. The van der Waals surface area contributed by atoms with Crippen molar-refractivity contribution in [1.29, 1.82) is 0 Å². The van der Waals surface area contributed by atoms with Crippen molar-refractivity contribution in [2.24, 2.45) is 0 Å². The van der Waals surface area contributed by atoms with Crippen molar-refractivity contribution in [3.8, 4) is 6.01 Å². The lowest BCUT2D eigenvalue weighted by Crippen LogP contribution is -2.29. The van der Waals surface area contributed by atoms with Gasteiger partial charge in [0.25, 0.3) is 5.91 Å². The van der Waals surface area contributed by atoms with E-state index in [0.717, 1.165) is 5.69 Å². The van der Waals surface area contributed by atoms with Crippen LogP contribution in [0.5, 0.6) is 6.01 Å². The van der Waals surface area contributed by atoms with Gasteiger partial charge in [0.05, 0.1) is 12.2 Å². The number of nitrogens with one attached hydrogen (secondary N) is 1. The van der Waals surface area contributed by atoms with Gasteiger partial charge in [-0.25, -0.2) is 9.97 Å². The molecule has 1 N–H and O–H groups in total. The third kappa shape index (κ3) is 3.82. The predicted octanol–water partition coefficient (Wildman–Crippen LogP) is 0.567. The van der Waals surface area contributed by atoms with Crippen molar-refractivity contribution >= 4 is 5.91 Å². The summed E-state index contributed by atoms with van der Waals surface area (Å²) in [5, 5.41) is 2.69. The summed E-state index contributed by atoms with van der Waals surface area (Å²) in [6.45, 7) is 0.259. The van der Waals surface area contributed by atoms with Gasteiger partial charge < -0.3 is 10.1 Å². The largest absolute Gasteiger partial charge is 0.453 e. The summed E-state index contributed by atoms with van der Waals surface area (Å²) in [7, 11) is 0. The second kappa shape index (κ2) is 6.29. The van der Waals surface area contributed by atoms with E-state index in [1.54, 1.807) is 24.7 Å². The van der Waals surface area contributed by atoms with Gasteiger partial charge in [-0.05, 0) is 18.2 Å². The van der Waals surface area contributed by atoms with Crippen LogP contribution in [0.15, 0.2) is 42.9 Å². The van der Waals surface area contributed by atoms with Crippen molar-refractivity contribution in [3.05, 3.63) is 48.5 Å². The van der Waals surface area contributed by atoms with Gasteiger partial charge in [0.2, 0.25) is 0 Å². The smallest absolute Gasteiger partial charge is 0.316 e. The molecule has 2 heterocycles. The molecular formula is C12H12N4O2. The van der Waals surface area contributed by atoms with Crippen LogP contribution >= 0.6 is 0 Å². The van der Waals surface area contributed by atoms with Gasteiger partial charge in [-0.15, -0.1) is 0 Å². The Labute approximate surface area is 104 Å². The minimum atomic E-state index is -0.242. The molecule has 0 unspecified atom stereocenters. The lowest BCUT2D eigenvalue weighted by Gasteiger charge is -2.05. The highest BCUT2D eigenvalue weighted by Gasteiger charge is 2.03. The van der Waals surface area contributed by atoms with Gasteiger partial charge >= 0.3 is 6.01 Å². The molecule has 1 amide bonds. The summed E-state index contributed by atoms with van der Waals surface area (Å²) in [5.74, 6) is -0.242. The van der Waals surface area contributed by atoms with Gasteiger partial charge in [0, 0.05) is 18.6 Å². The summed E-state index contributed by atoms with van der Waals surface area (Å²) < 4.78 is 5.10. The molecule has 6 nitrogen and oxygen atoms in total. The zero-order valence-corrected chi connectivity index (χ0v) is 9.61. The van der Waals surface area contributed by atoms with Gasteiger partial charge in [-0.1, -0.05) is 6.07 Å². The van der Waals surface area contributed by atoms with Crippen molar-refractivity contribution in [3.63, 3.8) is 0 Å². The molecule has 18 heavy (non-hydrogen) atoms. The highest BCUT2D eigenvalue weighted by molar-refractivity contribution is 5.77. The minimum absolute atomic E-state index is 0.114. The molecule has 0 atom stereocenters. The number of amides is 1. The molecular weight excluding hydrogens is 232 g/mol. The standard InChI is InChI=1S/C12H12N4O2/c17-11(9-18-12-14-6-3-7-15-12)16-8-10-4-1-2-5-13-10/h1-7H,8-9H2,(H,16,17). The molecule has 0 aliphatic heterocycles. The topological polar surface area (TPSA) is 77.0 Å². The number of hydrogen-bond donors (Lipinski definition) is 1. The molecule has 0 bridgehead atoms. The number of hydrogen-bond acceptors (Lipinski definition) is 5. The number of nitrogens with zero attached hydrogens (tertiary/aromatic N) is 3. The first-order chi connectivity index (χ1) is 8.84. The number of ether oxygens (including phenoxy) is 1. The number of carbonyl (C=O) groups is 1. The Balaban J connectivity index is 1.73. The first kappa shape index (κ1) is 12.0. The molecule has 0 radical (unpaired) electrons. The van der Waals surface area contributed by atoms with Crippen LogP contribution in [0.2, 0.25) is 0 Å². The lowest BCUT2D eigenvalue weighted by atomic mass is 10.3. The van der Waals surface area contributed by atoms with Gasteiger partial charge in [-0.3, -0.25) is 9.78 Å². The Morgan fingerprint density at radius 2 is 1.89 bits per heavy atom. The van der Waals surface area contributed by atoms with Crippen LogP contribution in [-0.2, 0) is 11.3 Å². The van der Waals surface area contributed by atoms with Crippen LogP contribution in [0, 0.1) is 0 Å². The Bertz CT molecular complexity index is 444. The molecule has 2 aromatic rings. The van der Waals surface area contributed by atoms with Crippen LogP contribution in [0.25, 0.3) is 0 Å². The fourth-order valence-corrected chi connectivity index (χ4v) is 1.23. The van der Waals surface area contributed by atoms with Crippen molar-refractivity contribution in [1.82, 2.24) is 20.3 Å². The second-order valence-corrected chi connectivity index (χ2v) is 3.42. The van der Waals surface area contributed by atoms with E-state index in [9.17, 15) is 4.79 Å². The van der Waals surface area contributed by atoms with Gasteiger partial charge in [-0.2, -0.15) is 0 Å². The quantitative estimate of drug-likeness (QED) is 0.831. The van der Waals surface area contributed by atoms with E-state index in [1.807, 2.05) is 18.2 Å². The SMILES string of the molecule is O=C(COc1ncccn1)NCc1ccccn1. The fourth-order valence-electron chi connectivity index (χ4n) is 1.23. The molecule has 2 aromatic heterocycles. The van der Waals surface area contributed by atoms with Gasteiger partial charge in [0.1, 0.15) is 0 Å². The Morgan fingerprint density at radius 3 is 2.61 bits per heavy atom. The Kier molecular flexibility index (Phi) is 4.18. The first-order valence-corrected chi connectivity index (χ1v) is 5.41. The number of carbonyl (C=O) groups excluding carboxylic acids is 1. The van der Waals surface area contributed by atoms with E-state index >= 15 is 0 Å². The highest BCUT2D eigenvalue weighted by Crippen LogP contribution is 1.97. The monoisotopic (exact) mass is 244 g/mol. The summed E-state index contributed by atoms with van der Waals surface area (Å²) in [4.78, 5) is 23.2. The second-order valence-electron chi connectivity index (χ2n) is 3.42. The van der Waals surface area contributed by atoms with Crippen molar-refractivity contribution in [2.45, 2.75) is 6.54 Å². The van der Waals surface area contributed by atoms with E-state index in [1.165, 1.54) is 0 Å². The third-order valence-corrected chi connectivity index (χ3v) is 2.07. The maximum Gasteiger partial charge on any atom is 0.316 e. The van der Waals surface area contributed by atoms with E-state index in [4.69, 9.17) is 4.74 Å². The molecule has 0 saturated carbocycles. The molecule has 0 aliphatic carbocycles. The van der Waals surface area contributed by atoms with Crippen LogP contribution in [-0.4, -0.2) is 27.5 Å². The Morgan fingerprint density at radius 1 is 1.11 bits per heavy atom. The number of aromatic nitrogens is 3. The van der Waals surface area contributed by atoms with Crippen LogP contribution in [0.3, 0.4) is 0 Å². The van der Waals surface area contributed by atoms with Gasteiger partial charge in [0.15, 0.2) is 6.61 Å². The van der Waals surface area contributed by atoms with E-state index < -0.39 is 0 Å². The maximum absolute atomic E-state index is 11.5. The van der Waals surface area contributed by atoms with Crippen LogP contribution in [0.4, 0.5) is 0 Å². The van der Waals surface area contributed by atoms with E-state index in [2.05, 4.69) is 20.3 Å². The number of rotatable bonds is 5. The maximum atomic E-state index is 11.5. The first-order valence-electron chi connectivity index (χ1n) is 5.41. The molecule has 0 aliphatic rings. The average molecular weight is 244 g/mol. The lowest BCUT2D eigenvalue weighted by molar-refractivity contribution is -0.123. The minimum Gasteiger partial charge on any atom is -0.453 e. The predicted molar refractivity (Wildman–Crippen MR) is 63.6 cm³/mol. The normalized spacial score (nSPS) is 9.78. The molecule has 6 heteroatoms. The fraction of sp³-hybridized carbons (Fsp3) is 0.167. The van der Waals surface area contributed by atoms with Crippen molar-refractivity contribution in [2.75, 3.05) is 6.61 Å². The molecule has 2 rings (SSSR count). The molecule has 0 saturated heterocycles. The summed E-state index contributed by atoms with van der Waals surface area (Å²) in [6, 6.07) is 7.38. The third-order valence-electron chi connectivity index (χ3n) is 2.07. The van der Waals surface area contributed by atoms with E-state index in [0.29, 0.717) is 6.54 Å². The summed E-state index contributed by atoms with van der Waals surface area (Å²) >= 11 is 0. The molecule has 0 spiro atoms. The molecule has 0 aromatic carbocycles. The zero-order valence-electron chi connectivity index (χ0n) is 9.61. The van der Waals surface area contributed by atoms with Crippen LogP contribution in [0.1, 0.15) is 5.69 Å². The van der Waals surface area contributed by atoms with Crippen molar-refractivity contribution < 1.29 is 9.53 Å². The average Bonchev–Trinajstić information content (AvgIpc) is 2.45. The van der Waals surface area contributed by atoms with Crippen LogP contribution < -0.4 is 10.1 Å². The Hall–Kier alpha value is -2.50. The van der Waals surface area contributed by atoms with E-state index in [-0.39, 0.29) is 18.5 Å². The molecule has 0 fully saturated rings.